The summed E-state index contributed by atoms with van der Waals surface area (Å²) in [6.45, 7) is 23.3. The van der Waals surface area contributed by atoms with Crippen molar-refractivity contribution in [1.82, 2.24) is 9.80 Å². The Bertz CT molecular complexity index is 512. The summed E-state index contributed by atoms with van der Waals surface area (Å²) in [5.41, 5.74) is 0.579. The van der Waals surface area contributed by atoms with Gasteiger partial charge in [0.2, 0.25) is 0 Å². The van der Waals surface area contributed by atoms with Crippen LogP contribution in [0.3, 0.4) is 0 Å². The van der Waals surface area contributed by atoms with Gasteiger partial charge in [0.05, 0.1) is 23.9 Å². The van der Waals surface area contributed by atoms with E-state index in [0.717, 1.165) is 18.8 Å². The third-order valence-electron chi connectivity index (χ3n) is 7.66. The van der Waals surface area contributed by atoms with Gasteiger partial charge in [0.25, 0.3) is 0 Å². The fourth-order valence-corrected chi connectivity index (χ4v) is 5.58. The summed E-state index contributed by atoms with van der Waals surface area (Å²) in [6, 6.07) is 0. The van der Waals surface area contributed by atoms with Gasteiger partial charge in [-0.2, -0.15) is 0 Å². The Kier molecular flexibility index (Phi) is 7.10. The molecule has 4 heteroatoms. The lowest BCUT2D eigenvalue weighted by Crippen LogP contribution is -2.57. The van der Waals surface area contributed by atoms with Crippen molar-refractivity contribution in [3.05, 3.63) is 0 Å². The zero-order chi connectivity index (χ0) is 21.4. The lowest BCUT2D eigenvalue weighted by atomic mass is 9.77. The van der Waals surface area contributed by atoms with E-state index in [9.17, 15) is 0 Å². The highest BCUT2D eigenvalue weighted by Gasteiger charge is 2.41. The fourth-order valence-electron chi connectivity index (χ4n) is 5.58. The zero-order valence-corrected chi connectivity index (χ0v) is 20.6. The quantitative estimate of drug-likeness (QED) is 0.632. The number of likely N-dealkylation sites (tertiary alicyclic amines) is 2. The minimum atomic E-state index is -0.0322. The van der Waals surface area contributed by atoms with Crippen LogP contribution in [-0.2, 0) is 9.47 Å². The van der Waals surface area contributed by atoms with Crippen LogP contribution in [-0.4, -0.2) is 71.0 Å². The van der Waals surface area contributed by atoms with Crippen LogP contribution in [0.2, 0.25) is 0 Å². The molecule has 0 unspecified atom stereocenters. The van der Waals surface area contributed by atoms with Gasteiger partial charge in [-0.05, 0) is 113 Å². The highest BCUT2D eigenvalue weighted by atomic mass is 16.5. The molecule has 29 heavy (non-hydrogen) atoms. The van der Waals surface area contributed by atoms with Crippen LogP contribution in [0.4, 0.5) is 0 Å². The van der Waals surface area contributed by atoms with Gasteiger partial charge in [0.1, 0.15) is 0 Å². The van der Waals surface area contributed by atoms with E-state index in [2.05, 4.69) is 65.2 Å². The van der Waals surface area contributed by atoms with Crippen LogP contribution in [0.1, 0.15) is 93.9 Å². The van der Waals surface area contributed by atoms with E-state index in [0.29, 0.717) is 29.4 Å². The van der Waals surface area contributed by atoms with Crippen molar-refractivity contribution in [3.63, 3.8) is 0 Å². The second kappa shape index (κ2) is 8.76. The number of rotatable bonds is 5. The van der Waals surface area contributed by atoms with Gasteiger partial charge in [0, 0.05) is 24.2 Å². The van der Waals surface area contributed by atoms with Crippen molar-refractivity contribution >= 4 is 0 Å². The Balaban J connectivity index is 1.39. The van der Waals surface area contributed by atoms with Gasteiger partial charge in [-0.1, -0.05) is 0 Å². The molecule has 0 aromatic rings. The number of hydrogen-bond acceptors (Lipinski definition) is 4. The molecule has 3 aliphatic rings. The Morgan fingerprint density at radius 3 is 1.62 bits per heavy atom. The molecule has 170 valence electrons. The largest absolute Gasteiger partial charge is 0.375 e. The lowest BCUT2D eigenvalue weighted by molar-refractivity contribution is -0.170. The molecule has 0 aromatic carbocycles. The molecule has 1 aliphatic carbocycles. The van der Waals surface area contributed by atoms with Crippen molar-refractivity contribution in [1.29, 1.82) is 0 Å². The molecule has 0 N–H and O–H groups in total. The summed E-state index contributed by atoms with van der Waals surface area (Å²) in [4.78, 5) is 5.42. The van der Waals surface area contributed by atoms with Gasteiger partial charge < -0.3 is 9.47 Å². The maximum atomic E-state index is 6.42. The number of hydrogen-bond donors (Lipinski definition) is 0. The average molecular weight is 409 g/mol. The van der Waals surface area contributed by atoms with E-state index in [1.165, 1.54) is 51.9 Å². The Labute approximate surface area is 180 Å². The van der Waals surface area contributed by atoms with Crippen molar-refractivity contribution in [2.75, 3.05) is 26.2 Å². The zero-order valence-electron chi connectivity index (χ0n) is 20.6. The first-order chi connectivity index (χ1) is 13.3. The number of ether oxygens (including phenoxy) is 2. The third kappa shape index (κ3) is 6.18. The van der Waals surface area contributed by atoms with E-state index >= 15 is 0 Å². The van der Waals surface area contributed by atoms with Crippen LogP contribution in [0.15, 0.2) is 0 Å². The maximum Gasteiger partial charge on any atom is 0.0631 e. The van der Waals surface area contributed by atoms with Crippen molar-refractivity contribution in [2.24, 2.45) is 5.92 Å². The fraction of sp³-hybridized carbons (Fsp3) is 1.00. The minimum Gasteiger partial charge on any atom is -0.375 e. The molecule has 1 saturated carbocycles. The van der Waals surface area contributed by atoms with Crippen molar-refractivity contribution in [3.8, 4) is 0 Å². The third-order valence-corrected chi connectivity index (χ3v) is 7.66. The second-order valence-corrected chi connectivity index (χ2v) is 12.4. The molecular formula is C25H48N2O2. The van der Waals surface area contributed by atoms with Gasteiger partial charge in [0.15, 0.2) is 0 Å². The smallest absolute Gasteiger partial charge is 0.0631 e. The molecule has 0 amide bonds. The van der Waals surface area contributed by atoms with E-state index < -0.39 is 0 Å². The number of nitrogens with zero attached hydrogens (tertiary/aromatic N) is 2. The maximum absolute atomic E-state index is 6.42. The molecule has 2 aliphatic heterocycles. The minimum absolute atomic E-state index is 0.0322. The van der Waals surface area contributed by atoms with E-state index in [4.69, 9.17) is 9.47 Å². The number of piperidine rings is 2. The summed E-state index contributed by atoms with van der Waals surface area (Å²) in [5, 5.41) is 0. The van der Waals surface area contributed by atoms with Gasteiger partial charge in [-0.25, -0.2) is 0 Å². The van der Waals surface area contributed by atoms with Crippen molar-refractivity contribution in [2.45, 2.75) is 129 Å². The first kappa shape index (κ1) is 23.5. The average Bonchev–Trinajstić information content (AvgIpc) is 2.58. The predicted octanol–water partition coefficient (Wildman–Crippen LogP) is 5.10. The summed E-state index contributed by atoms with van der Waals surface area (Å²) in [5.74, 6) is 0.806. The summed E-state index contributed by atoms with van der Waals surface area (Å²) >= 11 is 0. The molecule has 0 atom stereocenters. The molecule has 0 spiro atoms. The molecule has 3 fully saturated rings. The molecule has 4 nitrogen and oxygen atoms in total. The topological polar surface area (TPSA) is 24.9 Å². The molecule has 0 radical (unpaired) electrons. The van der Waals surface area contributed by atoms with E-state index in [1.807, 2.05) is 0 Å². The standard InChI is InChI=1S/C25H48N2O2/c1-23(2,3)26-13-9-19(10-14-26)25(7,8)27-15-11-20(12-16-27)28-21-17-22(18-21)29-24(4,5)6/h19-22H,9-18H2,1-8H3. The Hall–Kier alpha value is -0.160. The highest BCUT2D eigenvalue weighted by molar-refractivity contribution is 4.95. The molecule has 2 saturated heterocycles. The molecule has 2 heterocycles. The Morgan fingerprint density at radius 1 is 0.621 bits per heavy atom. The van der Waals surface area contributed by atoms with E-state index in [1.54, 1.807) is 0 Å². The summed E-state index contributed by atoms with van der Waals surface area (Å²) < 4.78 is 12.5. The molecule has 3 rings (SSSR count). The molecule has 0 aromatic heterocycles. The lowest BCUT2D eigenvalue weighted by Gasteiger charge is -2.51. The molecular weight excluding hydrogens is 360 g/mol. The SMILES string of the molecule is CC(C)(C)OC1CC(OC2CCN(C(C)(C)C3CCN(C(C)(C)C)CC3)CC2)C1. The van der Waals surface area contributed by atoms with Crippen LogP contribution >= 0.6 is 0 Å². The van der Waals surface area contributed by atoms with Gasteiger partial charge >= 0.3 is 0 Å². The van der Waals surface area contributed by atoms with E-state index in [-0.39, 0.29) is 5.60 Å². The normalized spacial score (nSPS) is 29.8. The summed E-state index contributed by atoms with van der Waals surface area (Å²) in [7, 11) is 0. The van der Waals surface area contributed by atoms with Crippen LogP contribution in [0.25, 0.3) is 0 Å². The predicted molar refractivity (Wildman–Crippen MR) is 121 cm³/mol. The van der Waals surface area contributed by atoms with Crippen LogP contribution < -0.4 is 0 Å². The monoisotopic (exact) mass is 408 g/mol. The van der Waals surface area contributed by atoms with Crippen molar-refractivity contribution < 1.29 is 9.47 Å². The Morgan fingerprint density at radius 2 is 1.14 bits per heavy atom. The van der Waals surface area contributed by atoms with Gasteiger partial charge in [-0.3, -0.25) is 9.80 Å². The summed E-state index contributed by atoms with van der Waals surface area (Å²) in [6.07, 6.45) is 8.47. The van der Waals surface area contributed by atoms with Crippen LogP contribution in [0.5, 0.6) is 0 Å². The van der Waals surface area contributed by atoms with Gasteiger partial charge in [-0.15, -0.1) is 0 Å². The first-order valence-corrected chi connectivity index (χ1v) is 12.2. The highest BCUT2D eigenvalue weighted by Crippen LogP contribution is 2.37. The first-order valence-electron chi connectivity index (χ1n) is 12.2. The molecule has 0 bridgehead atoms. The van der Waals surface area contributed by atoms with Crippen LogP contribution in [0, 0.1) is 5.92 Å². The second-order valence-electron chi connectivity index (χ2n) is 12.4.